The number of rotatable bonds is 5. The number of halogens is 3. The van der Waals surface area contributed by atoms with Crippen molar-refractivity contribution in [2.24, 2.45) is 0 Å². The standard InChI is InChI=1S/C28H29ClN6O.2ClH/c29-21-10-8-20(9-11-21)25(24-7-4-12-30-24)28(36)35-15-13-34(14-16-35)26-22(19-5-2-1-3-6-19)17-31-27-23(26)18-32-33-27;;/h1-3,5-6,8-11,17-18,24-25,30H,4,7,12-16H2,(H,31,32,33);2*1H. The first-order chi connectivity index (χ1) is 17.7. The van der Waals surface area contributed by atoms with Crippen LogP contribution in [0.3, 0.4) is 0 Å². The molecule has 2 atom stereocenters. The Bertz CT molecular complexity index is 1350. The number of aromatic nitrogens is 3. The number of hydrogen-bond acceptors (Lipinski definition) is 5. The van der Waals surface area contributed by atoms with Crippen LogP contribution in [0.25, 0.3) is 22.2 Å². The van der Waals surface area contributed by atoms with Gasteiger partial charge in [-0.2, -0.15) is 5.10 Å². The van der Waals surface area contributed by atoms with Crippen molar-refractivity contribution in [3.8, 4) is 11.1 Å². The number of anilines is 1. The number of H-pyrrole nitrogens is 1. The first-order valence-electron chi connectivity index (χ1n) is 12.6. The van der Waals surface area contributed by atoms with E-state index in [1.807, 2.05) is 59.8 Å². The zero-order valence-corrected chi connectivity index (χ0v) is 23.2. The molecule has 2 aliphatic rings. The number of nitrogens with zero attached hydrogens (tertiary/aromatic N) is 4. The molecule has 7 nitrogen and oxygen atoms in total. The van der Waals surface area contributed by atoms with Crippen LogP contribution in [-0.4, -0.2) is 64.8 Å². The number of hydrogen-bond donors (Lipinski definition) is 2. The normalized spacial score (nSPS) is 18.1. The molecule has 0 bridgehead atoms. The van der Waals surface area contributed by atoms with Crippen molar-refractivity contribution >= 4 is 59.0 Å². The summed E-state index contributed by atoms with van der Waals surface area (Å²) >= 11 is 6.14. The number of piperazine rings is 1. The lowest BCUT2D eigenvalue weighted by atomic mass is 9.89. The summed E-state index contributed by atoms with van der Waals surface area (Å²) in [5.41, 5.74) is 5.14. The third-order valence-electron chi connectivity index (χ3n) is 7.44. The number of benzene rings is 2. The van der Waals surface area contributed by atoms with E-state index in [2.05, 4.69) is 37.5 Å². The van der Waals surface area contributed by atoms with Gasteiger partial charge in [-0.05, 0) is 42.6 Å². The van der Waals surface area contributed by atoms with Gasteiger partial charge >= 0.3 is 0 Å². The average molecular weight is 574 g/mol. The molecular weight excluding hydrogens is 543 g/mol. The summed E-state index contributed by atoms with van der Waals surface area (Å²) in [5.74, 6) is 0.000504. The summed E-state index contributed by atoms with van der Waals surface area (Å²) in [5, 5.41) is 12.5. The van der Waals surface area contributed by atoms with Gasteiger partial charge < -0.3 is 15.1 Å². The number of pyridine rings is 1. The molecule has 38 heavy (non-hydrogen) atoms. The van der Waals surface area contributed by atoms with Crippen molar-refractivity contribution in [2.75, 3.05) is 37.6 Å². The molecule has 10 heteroatoms. The molecule has 2 fully saturated rings. The summed E-state index contributed by atoms with van der Waals surface area (Å²) < 4.78 is 0. The lowest BCUT2D eigenvalue weighted by Gasteiger charge is -2.39. The number of fused-ring (bicyclic) bond motifs is 1. The minimum absolute atomic E-state index is 0. The van der Waals surface area contributed by atoms with E-state index in [1.54, 1.807) is 0 Å². The Morgan fingerprint density at radius 3 is 2.39 bits per heavy atom. The van der Waals surface area contributed by atoms with Crippen molar-refractivity contribution in [3.63, 3.8) is 0 Å². The monoisotopic (exact) mass is 572 g/mol. The fourth-order valence-corrected chi connectivity index (χ4v) is 5.74. The van der Waals surface area contributed by atoms with Crippen molar-refractivity contribution in [1.82, 2.24) is 25.4 Å². The highest BCUT2D eigenvalue weighted by molar-refractivity contribution is 6.30. The Morgan fingerprint density at radius 1 is 0.974 bits per heavy atom. The Morgan fingerprint density at radius 2 is 1.71 bits per heavy atom. The Labute approximate surface area is 239 Å². The van der Waals surface area contributed by atoms with E-state index in [4.69, 9.17) is 11.6 Å². The van der Waals surface area contributed by atoms with Gasteiger partial charge in [-0.25, -0.2) is 4.98 Å². The van der Waals surface area contributed by atoms with Crippen molar-refractivity contribution in [1.29, 1.82) is 0 Å². The third kappa shape index (κ3) is 5.47. The molecule has 200 valence electrons. The largest absolute Gasteiger partial charge is 0.367 e. The lowest BCUT2D eigenvalue weighted by molar-refractivity contribution is -0.133. The zero-order chi connectivity index (χ0) is 24.5. The quantitative estimate of drug-likeness (QED) is 0.339. The van der Waals surface area contributed by atoms with E-state index in [0.717, 1.165) is 65.9 Å². The van der Waals surface area contributed by atoms with Crippen molar-refractivity contribution < 1.29 is 4.79 Å². The number of amides is 1. The van der Waals surface area contributed by atoms with Gasteiger partial charge in [-0.1, -0.05) is 54.1 Å². The molecule has 4 aromatic rings. The number of carbonyl (C=O) groups is 1. The second-order valence-electron chi connectivity index (χ2n) is 9.56. The van der Waals surface area contributed by atoms with Gasteiger partial charge in [0.2, 0.25) is 5.91 Å². The second-order valence-corrected chi connectivity index (χ2v) is 10.00. The van der Waals surface area contributed by atoms with Crippen LogP contribution in [0.5, 0.6) is 0 Å². The van der Waals surface area contributed by atoms with Crippen LogP contribution in [-0.2, 0) is 4.79 Å². The van der Waals surface area contributed by atoms with Crippen LogP contribution < -0.4 is 10.2 Å². The highest BCUT2D eigenvalue weighted by atomic mass is 35.5. The zero-order valence-electron chi connectivity index (χ0n) is 20.8. The van der Waals surface area contributed by atoms with Crippen LogP contribution in [0.1, 0.15) is 24.3 Å². The highest BCUT2D eigenvalue weighted by Gasteiger charge is 2.36. The second kappa shape index (κ2) is 12.3. The highest BCUT2D eigenvalue weighted by Crippen LogP contribution is 2.37. The topological polar surface area (TPSA) is 77.2 Å². The molecule has 0 aliphatic carbocycles. The van der Waals surface area contributed by atoms with Crippen LogP contribution >= 0.6 is 36.4 Å². The molecule has 2 saturated heterocycles. The molecule has 0 radical (unpaired) electrons. The summed E-state index contributed by atoms with van der Waals surface area (Å²) in [7, 11) is 0. The van der Waals surface area contributed by atoms with Crippen LogP contribution in [0, 0.1) is 0 Å². The van der Waals surface area contributed by atoms with Crippen LogP contribution in [0.15, 0.2) is 67.0 Å². The van der Waals surface area contributed by atoms with E-state index >= 15 is 0 Å². The van der Waals surface area contributed by atoms with Gasteiger partial charge in [0.1, 0.15) is 0 Å². The molecule has 4 heterocycles. The van der Waals surface area contributed by atoms with E-state index in [9.17, 15) is 4.79 Å². The molecule has 6 rings (SSSR count). The number of nitrogens with one attached hydrogen (secondary N) is 2. The third-order valence-corrected chi connectivity index (χ3v) is 7.69. The van der Waals surface area contributed by atoms with Gasteiger partial charge in [0.15, 0.2) is 5.65 Å². The molecule has 0 spiro atoms. The molecule has 2 aromatic carbocycles. The predicted molar refractivity (Wildman–Crippen MR) is 158 cm³/mol. The summed E-state index contributed by atoms with van der Waals surface area (Å²) in [4.78, 5) is 22.9. The predicted octanol–water partition coefficient (Wildman–Crippen LogP) is 5.31. The molecular formula is C28H31Cl3N6O. The van der Waals surface area contributed by atoms with Gasteiger partial charge in [-0.3, -0.25) is 9.89 Å². The lowest BCUT2D eigenvalue weighted by Crippen LogP contribution is -2.52. The molecule has 1 amide bonds. The molecule has 2 aromatic heterocycles. The van der Waals surface area contributed by atoms with E-state index < -0.39 is 0 Å². The van der Waals surface area contributed by atoms with E-state index in [0.29, 0.717) is 18.1 Å². The maximum atomic E-state index is 13.9. The maximum Gasteiger partial charge on any atom is 0.231 e. The molecule has 0 saturated carbocycles. The Kier molecular flexibility index (Phi) is 9.15. The van der Waals surface area contributed by atoms with Gasteiger partial charge in [0.05, 0.1) is 23.2 Å². The molecule has 2 aliphatic heterocycles. The molecule has 2 N–H and O–H groups in total. The number of aromatic amines is 1. The first-order valence-corrected chi connectivity index (χ1v) is 13.0. The summed E-state index contributed by atoms with van der Waals surface area (Å²) in [6, 6.07) is 18.3. The summed E-state index contributed by atoms with van der Waals surface area (Å²) in [6.07, 6.45) is 5.88. The minimum Gasteiger partial charge on any atom is -0.367 e. The molecule has 2 unspecified atom stereocenters. The van der Waals surface area contributed by atoms with Crippen molar-refractivity contribution in [2.45, 2.75) is 24.8 Å². The van der Waals surface area contributed by atoms with Gasteiger partial charge in [0, 0.05) is 49.0 Å². The smallest absolute Gasteiger partial charge is 0.231 e. The SMILES string of the molecule is Cl.Cl.O=C(C(c1ccc(Cl)cc1)C1CCCN1)N1CCN(c2c(-c3ccccc3)cnc3[nH]ncc23)CC1. The van der Waals surface area contributed by atoms with E-state index in [1.165, 1.54) is 0 Å². The summed E-state index contributed by atoms with van der Waals surface area (Å²) in [6.45, 7) is 3.81. The fraction of sp³-hybridized carbons (Fsp3) is 0.321. The number of carbonyl (C=O) groups excluding carboxylic acids is 1. The van der Waals surface area contributed by atoms with Crippen LogP contribution in [0.4, 0.5) is 5.69 Å². The van der Waals surface area contributed by atoms with Crippen molar-refractivity contribution in [3.05, 3.63) is 77.6 Å². The Hall–Kier alpha value is -2.84. The van der Waals surface area contributed by atoms with Crippen LogP contribution in [0.2, 0.25) is 5.02 Å². The maximum absolute atomic E-state index is 13.9. The minimum atomic E-state index is -0.197. The first kappa shape index (κ1) is 28.2. The van der Waals surface area contributed by atoms with Gasteiger partial charge in [0.25, 0.3) is 0 Å². The fourth-order valence-electron chi connectivity index (χ4n) is 5.62. The Balaban J connectivity index is 0.00000168. The van der Waals surface area contributed by atoms with E-state index in [-0.39, 0.29) is 42.7 Å². The van der Waals surface area contributed by atoms with Gasteiger partial charge in [-0.15, -0.1) is 24.8 Å². The average Bonchev–Trinajstić information content (AvgIpc) is 3.63.